The number of carbonyl (C=O) groups is 1. The van der Waals surface area contributed by atoms with E-state index in [9.17, 15) is 4.79 Å². The fraction of sp³-hybridized carbons (Fsp3) is 0.560. The summed E-state index contributed by atoms with van der Waals surface area (Å²) < 4.78 is 12.6. The third-order valence-electron chi connectivity index (χ3n) is 5.15. The van der Waals surface area contributed by atoms with Crippen LogP contribution in [0.2, 0.25) is 0 Å². The monoisotopic (exact) mass is 540 g/mol. The maximum Gasteiger partial charge on any atom is 0.287 e. The fourth-order valence-corrected chi connectivity index (χ4v) is 3.82. The number of furan rings is 1. The van der Waals surface area contributed by atoms with Gasteiger partial charge in [-0.15, -0.1) is 0 Å². The van der Waals surface area contributed by atoms with Crippen molar-refractivity contribution in [2.75, 3.05) is 19.6 Å². The molecule has 31 heavy (non-hydrogen) atoms. The summed E-state index contributed by atoms with van der Waals surface area (Å²) in [4.78, 5) is 15.1. The van der Waals surface area contributed by atoms with E-state index in [1.165, 1.54) is 38.5 Å². The molecule has 0 aliphatic carbocycles. The average molecular weight is 540 g/mol. The smallest absolute Gasteiger partial charge is 0.287 e. The minimum absolute atomic E-state index is 0.0624. The van der Waals surface area contributed by atoms with E-state index in [2.05, 4.69) is 53.6 Å². The number of hydrogen-bond donors (Lipinski definition) is 1. The van der Waals surface area contributed by atoms with E-state index < -0.39 is 0 Å². The van der Waals surface area contributed by atoms with Crippen molar-refractivity contribution in [3.63, 3.8) is 0 Å². The Labute approximate surface area is 201 Å². The zero-order valence-electron chi connectivity index (χ0n) is 19.2. The van der Waals surface area contributed by atoms with Crippen LogP contribution in [0.5, 0.6) is 5.75 Å². The number of benzene rings is 1. The molecule has 0 aliphatic heterocycles. The summed E-state index contributed by atoms with van der Waals surface area (Å²) in [6.45, 7) is 9.88. The second-order valence-corrected chi connectivity index (χ2v) is 9.34. The van der Waals surface area contributed by atoms with Crippen molar-refractivity contribution in [2.45, 2.75) is 71.9 Å². The Morgan fingerprint density at radius 2 is 1.68 bits per heavy atom. The number of nitrogens with one attached hydrogen (secondary N) is 1. The predicted octanol–water partition coefficient (Wildman–Crippen LogP) is 6.26. The molecular formula is C25H37IN2O3. The first kappa shape index (κ1) is 25.7. The average Bonchev–Trinajstić information content (AvgIpc) is 3.23. The van der Waals surface area contributed by atoms with Crippen LogP contribution in [0.3, 0.4) is 0 Å². The van der Waals surface area contributed by atoms with Crippen molar-refractivity contribution in [1.82, 2.24) is 10.2 Å². The van der Waals surface area contributed by atoms with Crippen molar-refractivity contribution < 1.29 is 13.9 Å². The van der Waals surface area contributed by atoms with E-state index >= 15 is 0 Å². The van der Waals surface area contributed by atoms with Gasteiger partial charge in [0.15, 0.2) is 5.76 Å². The number of nitrogens with zero attached hydrogens (tertiary/aromatic N) is 1. The Bertz CT molecular complexity index is 750. The van der Waals surface area contributed by atoms with Gasteiger partial charge in [-0.1, -0.05) is 39.5 Å². The number of halogens is 1. The van der Waals surface area contributed by atoms with Gasteiger partial charge in [-0.2, -0.15) is 0 Å². The van der Waals surface area contributed by atoms with E-state index in [1.54, 1.807) is 12.1 Å². The number of carbonyl (C=O) groups excluding carboxylic acids is 1. The third kappa shape index (κ3) is 10.1. The highest BCUT2D eigenvalue weighted by atomic mass is 127. The van der Waals surface area contributed by atoms with Crippen molar-refractivity contribution in [3.8, 4) is 5.75 Å². The normalized spacial score (nSPS) is 12.2. The van der Waals surface area contributed by atoms with Gasteiger partial charge < -0.3 is 19.4 Å². The Balaban J connectivity index is 1.81. The third-order valence-corrected chi connectivity index (χ3v) is 5.86. The molecular weight excluding hydrogens is 503 g/mol. The summed E-state index contributed by atoms with van der Waals surface area (Å²) >= 11 is 2.26. The van der Waals surface area contributed by atoms with Crippen LogP contribution in [-0.4, -0.2) is 36.5 Å². The Morgan fingerprint density at radius 3 is 2.29 bits per heavy atom. The summed E-state index contributed by atoms with van der Waals surface area (Å²) in [5.41, 5.74) is 0. The summed E-state index contributed by atoms with van der Waals surface area (Å²) in [5, 5.41) is 3.08. The van der Waals surface area contributed by atoms with Crippen molar-refractivity contribution in [2.24, 2.45) is 0 Å². The number of rotatable bonds is 15. The summed E-state index contributed by atoms with van der Waals surface area (Å²) in [6.07, 6.45) is 7.39. The molecule has 1 aromatic carbocycles. The molecule has 0 spiro atoms. The quantitative estimate of drug-likeness (QED) is 0.214. The van der Waals surface area contributed by atoms with E-state index in [0.29, 0.717) is 18.1 Å². The molecule has 0 saturated carbocycles. The minimum Gasteiger partial charge on any atom is -0.486 e. The second-order valence-electron chi connectivity index (χ2n) is 8.10. The second kappa shape index (κ2) is 14.5. The number of unbranched alkanes of at least 4 members (excludes halogenated alkanes) is 4. The van der Waals surface area contributed by atoms with Gasteiger partial charge in [0.05, 0.1) is 0 Å². The molecule has 1 unspecified atom stereocenters. The van der Waals surface area contributed by atoms with Crippen LogP contribution in [0.4, 0.5) is 0 Å². The van der Waals surface area contributed by atoms with Gasteiger partial charge in [-0.3, -0.25) is 4.79 Å². The van der Waals surface area contributed by atoms with Gasteiger partial charge in [0.25, 0.3) is 5.91 Å². The van der Waals surface area contributed by atoms with Crippen LogP contribution < -0.4 is 10.1 Å². The van der Waals surface area contributed by atoms with Gasteiger partial charge in [-0.25, -0.2) is 0 Å². The molecule has 1 aromatic heterocycles. The molecule has 2 rings (SSSR count). The first-order valence-electron chi connectivity index (χ1n) is 11.5. The van der Waals surface area contributed by atoms with Crippen molar-refractivity contribution >= 4 is 28.5 Å². The zero-order chi connectivity index (χ0) is 22.5. The molecule has 1 amide bonds. The standard InChI is InChI=1S/C25H37IN2O3/c1-4-6-8-16-28(17-9-7-5-2)18-20(3)27-25(29)24-15-14-23(31-24)19-30-22-12-10-21(26)11-13-22/h10-15,20H,4-9,16-19H2,1-3H3,(H,27,29). The minimum atomic E-state index is -0.171. The number of ether oxygens (including phenoxy) is 1. The van der Waals surface area contributed by atoms with Crippen LogP contribution in [0, 0.1) is 3.57 Å². The molecule has 0 radical (unpaired) electrons. The topological polar surface area (TPSA) is 54.7 Å². The molecule has 172 valence electrons. The van der Waals surface area contributed by atoms with Crippen LogP contribution >= 0.6 is 22.6 Å². The van der Waals surface area contributed by atoms with Gasteiger partial charge in [0.2, 0.25) is 0 Å². The molecule has 1 atom stereocenters. The lowest BCUT2D eigenvalue weighted by atomic mass is 10.2. The Hall–Kier alpha value is -1.54. The number of hydrogen-bond acceptors (Lipinski definition) is 4. The van der Waals surface area contributed by atoms with E-state index in [0.717, 1.165) is 29.0 Å². The summed E-state index contributed by atoms with van der Waals surface area (Å²) in [6, 6.07) is 11.4. The van der Waals surface area contributed by atoms with E-state index in [4.69, 9.17) is 9.15 Å². The first-order valence-corrected chi connectivity index (χ1v) is 12.6. The highest BCUT2D eigenvalue weighted by Gasteiger charge is 2.16. The van der Waals surface area contributed by atoms with E-state index in [-0.39, 0.29) is 11.9 Å². The highest BCUT2D eigenvalue weighted by molar-refractivity contribution is 14.1. The van der Waals surface area contributed by atoms with Crippen LogP contribution in [-0.2, 0) is 6.61 Å². The predicted molar refractivity (Wildman–Crippen MR) is 135 cm³/mol. The van der Waals surface area contributed by atoms with Gasteiger partial charge in [0.1, 0.15) is 18.1 Å². The first-order chi connectivity index (χ1) is 15.0. The maximum atomic E-state index is 12.6. The SMILES string of the molecule is CCCCCN(CCCCC)CC(C)NC(=O)c1ccc(COc2ccc(I)cc2)o1. The number of amides is 1. The Kier molecular flexibility index (Phi) is 12.0. The van der Waals surface area contributed by atoms with Gasteiger partial charge >= 0.3 is 0 Å². The van der Waals surface area contributed by atoms with Crippen LogP contribution in [0.25, 0.3) is 0 Å². The molecule has 0 aliphatic rings. The summed E-state index contributed by atoms with van der Waals surface area (Å²) in [7, 11) is 0. The van der Waals surface area contributed by atoms with Gasteiger partial charge in [0, 0.05) is 16.2 Å². The van der Waals surface area contributed by atoms with Crippen LogP contribution in [0.15, 0.2) is 40.8 Å². The lowest BCUT2D eigenvalue weighted by Gasteiger charge is -2.26. The lowest BCUT2D eigenvalue weighted by Crippen LogP contribution is -2.42. The molecule has 1 heterocycles. The zero-order valence-corrected chi connectivity index (χ0v) is 21.3. The highest BCUT2D eigenvalue weighted by Crippen LogP contribution is 2.16. The van der Waals surface area contributed by atoms with E-state index in [1.807, 2.05) is 24.3 Å². The molecule has 2 aromatic rings. The summed E-state index contributed by atoms with van der Waals surface area (Å²) in [5.74, 6) is 1.58. The molecule has 1 N–H and O–H groups in total. The lowest BCUT2D eigenvalue weighted by molar-refractivity contribution is 0.0896. The molecule has 0 bridgehead atoms. The van der Waals surface area contributed by atoms with Crippen LogP contribution in [0.1, 0.15) is 75.6 Å². The maximum absolute atomic E-state index is 12.6. The van der Waals surface area contributed by atoms with Gasteiger partial charge in [-0.05, 0) is 91.8 Å². The van der Waals surface area contributed by atoms with Crippen molar-refractivity contribution in [1.29, 1.82) is 0 Å². The molecule has 0 fully saturated rings. The van der Waals surface area contributed by atoms with Crippen molar-refractivity contribution in [3.05, 3.63) is 51.5 Å². The molecule has 6 heteroatoms. The molecule has 0 saturated heterocycles. The Morgan fingerprint density at radius 1 is 1.03 bits per heavy atom. The largest absolute Gasteiger partial charge is 0.486 e. The fourth-order valence-electron chi connectivity index (χ4n) is 3.46. The molecule has 5 nitrogen and oxygen atoms in total.